The summed E-state index contributed by atoms with van der Waals surface area (Å²) in [4.78, 5) is 36.9. The first-order chi connectivity index (χ1) is 13.6. The van der Waals surface area contributed by atoms with E-state index in [0.717, 1.165) is 18.7 Å². The van der Waals surface area contributed by atoms with E-state index in [2.05, 4.69) is 22.5 Å². The molecule has 1 atom stereocenters. The number of nitrogens with one attached hydrogen (secondary N) is 2. The number of alkyl halides is 3. The fourth-order valence-corrected chi connectivity index (χ4v) is 3.38. The average molecular weight is 416 g/mol. The molecular formula is C18H23F3N4O4. The molecule has 2 fully saturated rings. The van der Waals surface area contributed by atoms with Crippen molar-refractivity contribution in [1.29, 1.82) is 0 Å². The molecule has 0 aromatic heterocycles. The number of anilines is 1. The lowest BCUT2D eigenvalue weighted by atomic mass is 9.93. The summed E-state index contributed by atoms with van der Waals surface area (Å²) in [5.74, 6) is -2.69. The molecule has 1 spiro atoms. The van der Waals surface area contributed by atoms with E-state index in [1.165, 1.54) is 0 Å². The second-order valence-corrected chi connectivity index (χ2v) is 6.79. The third-order valence-corrected chi connectivity index (χ3v) is 4.89. The molecule has 1 aromatic rings. The van der Waals surface area contributed by atoms with Gasteiger partial charge >= 0.3 is 18.2 Å². The van der Waals surface area contributed by atoms with E-state index in [0.29, 0.717) is 26.2 Å². The number of likely N-dealkylation sites (tertiary alicyclic amines) is 1. The van der Waals surface area contributed by atoms with Gasteiger partial charge in [-0.15, -0.1) is 0 Å². The molecule has 1 aromatic carbocycles. The number of aliphatic carboxylic acids is 1. The monoisotopic (exact) mass is 416 g/mol. The molecular weight excluding hydrogens is 393 g/mol. The summed E-state index contributed by atoms with van der Waals surface area (Å²) in [6.07, 6.45) is -4.19. The van der Waals surface area contributed by atoms with Crippen molar-refractivity contribution in [1.82, 2.24) is 15.1 Å². The fraction of sp³-hybridized carbons (Fsp3) is 0.500. The highest BCUT2D eigenvalue weighted by molar-refractivity contribution is 5.89. The van der Waals surface area contributed by atoms with Gasteiger partial charge in [-0.25, -0.2) is 9.59 Å². The van der Waals surface area contributed by atoms with Crippen molar-refractivity contribution in [3.8, 4) is 0 Å². The minimum absolute atomic E-state index is 0.0691. The van der Waals surface area contributed by atoms with E-state index < -0.39 is 12.1 Å². The Morgan fingerprint density at radius 3 is 2.45 bits per heavy atom. The molecule has 0 aliphatic carbocycles. The van der Waals surface area contributed by atoms with Crippen molar-refractivity contribution >= 4 is 23.6 Å². The number of carboxylic acids is 1. The summed E-state index contributed by atoms with van der Waals surface area (Å²) in [5, 5.41) is 13.0. The van der Waals surface area contributed by atoms with E-state index in [9.17, 15) is 22.8 Å². The van der Waals surface area contributed by atoms with Gasteiger partial charge in [-0.1, -0.05) is 25.1 Å². The van der Waals surface area contributed by atoms with Gasteiger partial charge in [-0.2, -0.15) is 13.2 Å². The maximum atomic E-state index is 12.4. The molecule has 1 unspecified atom stereocenters. The largest absolute Gasteiger partial charge is 0.490 e. The first kappa shape index (κ1) is 22.5. The average Bonchev–Trinajstić information content (AvgIpc) is 3.09. The van der Waals surface area contributed by atoms with Crippen molar-refractivity contribution in [3.63, 3.8) is 0 Å². The standard InChI is InChI=1S/C16H22N4O2.C2HF3O2/c1-2-20-10-14(21)17-11-16(20)8-9-19(12-16)15(22)18-13-6-4-3-5-7-13;3-2(4,5)1(6)7/h3-7H,2,8-12H2,1H3,(H,17,21)(H,18,22);(H,6,7). The second kappa shape index (κ2) is 9.12. The summed E-state index contributed by atoms with van der Waals surface area (Å²) >= 11 is 0. The van der Waals surface area contributed by atoms with Gasteiger partial charge in [0.1, 0.15) is 0 Å². The number of halogens is 3. The second-order valence-electron chi connectivity index (χ2n) is 6.79. The molecule has 2 heterocycles. The number of likely N-dealkylation sites (N-methyl/N-ethyl adjacent to an activating group) is 1. The Kier molecular flexibility index (Phi) is 7.07. The van der Waals surface area contributed by atoms with Gasteiger partial charge in [0.05, 0.1) is 12.1 Å². The minimum atomic E-state index is -5.08. The van der Waals surface area contributed by atoms with Crippen LogP contribution in [-0.2, 0) is 9.59 Å². The summed E-state index contributed by atoms with van der Waals surface area (Å²) in [6, 6.07) is 9.40. The number of hydrogen-bond acceptors (Lipinski definition) is 4. The molecule has 2 saturated heterocycles. The van der Waals surface area contributed by atoms with E-state index in [-0.39, 0.29) is 17.5 Å². The smallest absolute Gasteiger partial charge is 0.475 e. The molecule has 29 heavy (non-hydrogen) atoms. The first-order valence-electron chi connectivity index (χ1n) is 9.00. The van der Waals surface area contributed by atoms with E-state index >= 15 is 0 Å². The number of rotatable bonds is 2. The Balaban J connectivity index is 0.000000370. The molecule has 2 aliphatic heterocycles. The van der Waals surface area contributed by atoms with Crippen LogP contribution in [0.4, 0.5) is 23.7 Å². The molecule has 0 radical (unpaired) electrons. The molecule has 8 nitrogen and oxygen atoms in total. The molecule has 0 saturated carbocycles. The lowest BCUT2D eigenvalue weighted by Gasteiger charge is -2.43. The van der Waals surface area contributed by atoms with E-state index in [4.69, 9.17) is 9.90 Å². The fourth-order valence-electron chi connectivity index (χ4n) is 3.38. The molecule has 3 amide bonds. The van der Waals surface area contributed by atoms with Crippen molar-refractivity contribution < 1.29 is 32.7 Å². The molecule has 3 N–H and O–H groups in total. The minimum Gasteiger partial charge on any atom is -0.475 e. The lowest BCUT2D eigenvalue weighted by molar-refractivity contribution is -0.192. The van der Waals surface area contributed by atoms with Crippen LogP contribution < -0.4 is 10.6 Å². The van der Waals surface area contributed by atoms with Crippen LogP contribution in [0, 0.1) is 0 Å². The summed E-state index contributed by atoms with van der Waals surface area (Å²) in [6.45, 7) is 5.29. The number of benzene rings is 1. The molecule has 2 aliphatic rings. The van der Waals surface area contributed by atoms with Gasteiger partial charge in [0, 0.05) is 25.3 Å². The number of carbonyl (C=O) groups is 3. The van der Waals surface area contributed by atoms with Gasteiger partial charge < -0.3 is 20.6 Å². The number of carbonyl (C=O) groups excluding carboxylic acids is 2. The van der Waals surface area contributed by atoms with Gasteiger partial charge in [0.15, 0.2) is 0 Å². The zero-order valence-corrected chi connectivity index (χ0v) is 15.8. The van der Waals surface area contributed by atoms with Gasteiger partial charge in [-0.3, -0.25) is 9.69 Å². The van der Waals surface area contributed by atoms with Gasteiger partial charge in [-0.05, 0) is 25.1 Å². The molecule has 0 bridgehead atoms. The normalized spacial score (nSPS) is 21.9. The van der Waals surface area contributed by atoms with E-state index in [1.807, 2.05) is 35.2 Å². The number of amides is 3. The Bertz CT molecular complexity index is 744. The predicted molar refractivity (Wildman–Crippen MR) is 98.3 cm³/mol. The third kappa shape index (κ3) is 5.83. The molecule has 3 rings (SSSR count). The summed E-state index contributed by atoms with van der Waals surface area (Å²) < 4.78 is 31.7. The van der Waals surface area contributed by atoms with Crippen LogP contribution in [0.2, 0.25) is 0 Å². The molecule has 160 valence electrons. The lowest BCUT2D eigenvalue weighted by Crippen LogP contribution is -2.64. The van der Waals surface area contributed by atoms with E-state index in [1.54, 1.807) is 0 Å². The summed E-state index contributed by atoms with van der Waals surface area (Å²) in [5.41, 5.74) is 0.689. The van der Waals surface area contributed by atoms with Crippen LogP contribution >= 0.6 is 0 Å². The zero-order valence-electron chi connectivity index (χ0n) is 15.8. The Morgan fingerprint density at radius 1 is 1.28 bits per heavy atom. The highest BCUT2D eigenvalue weighted by Gasteiger charge is 2.46. The highest BCUT2D eigenvalue weighted by atomic mass is 19.4. The number of para-hydroxylation sites is 1. The Morgan fingerprint density at radius 2 is 1.90 bits per heavy atom. The predicted octanol–water partition coefficient (Wildman–Crippen LogP) is 1.75. The van der Waals surface area contributed by atoms with Crippen LogP contribution in [0.3, 0.4) is 0 Å². The number of piperazine rings is 1. The van der Waals surface area contributed by atoms with Crippen LogP contribution in [0.25, 0.3) is 0 Å². The SMILES string of the molecule is CCN1CC(=O)NCC12CCN(C(=O)Nc1ccccc1)C2.O=C(O)C(F)(F)F. The van der Waals surface area contributed by atoms with Crippen LogP contribution in [0.15, 0.2) is 30.3 Å². The first-order valence-corrected chi connectivity index (χ1v) is 9.00. The van der Waals surface area contributed by atoms with Gasteiger partial charge in [0.25, 0.3) is 0 Å². The van der Waals surface area contributed by atoms with Crippen LogP contribution in [0.5, 0.6) is 0 Å². The maximum Gasteiger partial charge on any atom is 0.490 e. The molecule has 11 heteroatoms. The Labute approximate surface area is 165 Å². The van der Waals surface area contributed by atoms with Crippen molar-refractivity contribution in [2.45, 2.75) is 25.1 Å². The quantitative estimate of drug-likeness (QED) is 0.682. The number of hydrogen-bond donors (Lipinski definition) is 3. The van der Waals surface area contributed by atoms with Crippen molar-refractivity contribution in [2.75, 3.05) is 38.0 Å². The topological polar surface area (TPSA) is 102 Å². The number of urea groups is 1. The zero-order chi connectivity index (χ0) is 21.7. The Hall–Kier alpha value is -2.82. The maximum absolute atomic E-state index is 12.4. The van der Waals surface area contributed by atoms with Crippen molar-refractivity contribution in [2.24, 2.45) is 0 Å². The highest BCUT2D eigenvalue weighted by Crippen LogP contribution is 2.29. The van der Waals surface area contributed by atoms with Crippen LogP contribution in [0.1, 0.15) is 13.3 Å². The van der Waals surface area contributed by atoms with Crippen molar-refractivity contribution in [3.05, 3.63) is 30.3 Å². The van der Waals surface area contributed by atoms with Gasteiger partial charge in [0.2, 0.25) is 5.91 Å². The number of nitrogens with zero attached hydrogens (tertiary/aromatic N) is 2. The van der Waals surface area contributed by atoms with Crippen LogP contribution in [-0.4, -0.2) is 77.3 Å². The summed E-state index contributed by atoms with van der Waals surface area (Å²) in [7, 11) is 0. The third-order valence-electron chi connectivity index (χ3n) is 4.89. The number of carboxylic acid groups (broad SMARTS) is 1.